The molecule has 3 heteroatoms. The average Bonchev–Trinajstić information content (AvgIpc) is 2.77. The Morgan fingerprint density at radius 1 is 1.50 bits per heavy atom. The molecule has 2 atom stereocenters. The van der Waals surface area contributed by atoms with E-state index < -0.39 is 0 Å². The lowest BCUT2D eigenvalue weighted by molar-refractivity contribution is 0.234. The van der Waals surface area contributed by atoms with E-state index in [0.29, 0.717) is 6.04 Å². The Morgan fingerprint density at radius 2 is 2.31 bits per heavy atom. The smallest absolute Gasteiger partial charge is 0.122 e. The molecule has 2 unspecified atom stereocenters. The molecule has 2 rings (SSSR count). The predicted octanol–water partition coefficient (Wildman–Crippen LogP) is 2.23. The number of rotatable bonds is 4. The summed E-state index contributed by atoms with van der Waals surface area (Å²) in [4.78, 5) is 2.52. The first-order chi connectivity index (χ1) is 7.70. The van der Waals surface area contributed by atoms with E-state index in [2.05, 4.69) is 30.1 Å². The molecule has 0 spiro atoms. The van der Waals surface area contributed by atoms with E-state index >= 15 is 0 Å². The molecule has 1 aliphatic rings. The first-order valence-corrected chi connectivity index (χ1v) is 6.14. The lowest BCUT2D eigenvalue weighted by Gasteiger charge is -2.20. The molecular formula is C13H22N2O. The summed E-state index contributed by atoms with van der Waals surface area (Å²) in [5, 5.41) is 3.18. The number of nitrogens with zero attached hydrogens (tertiary/aromatic N) is 1. The number of likely N-dealkylation sites (tertiary alicyclic amines) is 1. The topological polar surface area (TPSA) is 28.4 Å². The number of nitrogens with one attached hydrogen (secondary N) is 1. The van der Waals surface area contributed by atoms with Crippen LogP contribution in [0.5, 0.6) is 0 Å². The van der Waals surface area contributed by atoms with E-state index in [1.54, 1.807) is 6.26 Å². The molecule has 90 valence electrons. The van der Waals surface area contributed by atoms with E-state index in [1.165, 1.54) is 18.5 Å². The highest BCUT2D eigenvalue weighted by molar-refractivity contribution is 5.17. The van der Waals surface area contributed by atoms with E-state index in [0.717, 1.165) is 24.8 Å². The largest absolute Gasteiger partial charge is 0.468 e. The fourth-order valence-corrected chi connectivity index (χ4v) is 2.64. The second-order valence-electron chi connectivity index (χ2n) is 5.02. The van der Waals surface area contributed by atoms with Crippen molar-refractivity contribution < 1.29 is 4.42 Å². The SMILES string of the molecule is CNCc1ccoc1CN1CC(C)CC1C. The molecule has 1 aromatic heterocycles. The Labute approximate surface area is 97.8 Å². The van der Waals surface area contributed by atoms with Gasteiger partial charge in [0.2, 0.25) is 0 Å². The van der Waals surface area contributed by atoms with Crippen molar-refractivity contribution in [2.24, 2.45) is 5.92 Å². The lowest BCUT2D eigenvalue weighted by Crippen LogP contribution is -2.27. The Morgan fingerprint density at radius 3 is 2.94 bits per heavy atom. The molecule has 0 aliphatic carbocycles. The second-order valence-corrected chi connectivity index (χ2v) is 5.02. The van der Waals surface area contributed by atoms with Gasteiger partial charge < -0.3 is 9.73 Å². The Hall–Kier alpha value is -0.800. The van der Waals surface area contributed by atoms with Crippen LogP contribution in [0.1, 0.15) is 31.6 Å². The van der Waals surface area contributed by atoms with Crippen LogP contribution in [-0.2, 0) is 13.1 Å². The molecule has 1 fully saturated rings. The van der Waals surface area contributed by atoms with Crippen LogP contribution < -0.4 is 5.32 Å². The predicted molar refractivity (Wildman–Crippen MR) is 65.1 cm³/mol. The van der Waals surface area contributed by atoms with Gasteiger partial charge in [-0.15, -0.1) is 0 Å². The van der Waals surface area contributed by atoms with Gasteiger partial charge in [0, 0.05) is 24.7 Å². The van der Waals surface area contributed by atoms with Crippen molar-refractivity contribution in [3.05, 3.63) is 23.7 Å². The highest BCUT2D eigenvalue weighted by Gasteiger charge is 2.27. The van der Waals surface area contributed by atoms with E-state index in [-0.39, 0.29) is 0 Å². The zero-order valence-electron chi connectivity index (χ0n) is 10.5. The van der Waals surface area contributed by atoms with Gasteiger partial charge in [0.05, 0.1) is 12.8 Å². The number of furan rings is 1. The number of hydrogen-bond donors (Lipinski definition) is 1. The van der Waals surface area contributed by atoms with Crippen LogP contribution in [-0.4, -0.2) is 24.5 Å². The van der Waals surface area contributed by atoms with Crippen molar-refractivity contribution in [1.29, 1.82) is 0 Å². The van der Waals surface area contributed by atoms with E-state index in [9.17, 15) is 0 Å². The number of hydrogen-bond acceptors (Lipinski definition) is 3. The molecule has 1 saturated heterocycles. The third-order valence-electron chi connectivity index (χ3n) is 3.46. The van der Waals surface area contributed by atoms with Crippen LogP contribution in [0.3, 0.4) is 0 Å². The molecular weight excluding hydrogens is 200 g/mol. The standard InChI is InChI=1S/C13H22N2O/c1-10-6-11(2)15(8-10)9-13-12(7-14-3)4-5-16-13/h4-5,10-11,14H,6-9H2,1-3H3. The minimum Gasteiger partial charge on any atom is -0.468 e. The van der Waals surface area contributed by atoms with Crippen molar-refractivity contribution in [2.45, 2.75) is 39.4 Å². The minimum absolute atomic E-state index is 0.683. The maximum absolute atomic E-state index is 5.58. The fraction of sp³-hybridized carbons (Fsp3) is 0.692. The molecule has 0 radical (unpaired) electrons. The maximum Gasteiger partial charge on any atom is 0.122 e. The van der Waals surface area contributed by atoms with E-state index in [4.69, 9.17) is 4.42 Å². The normalized spacial score (nSPS) is 26.4. The highest BCUT2D eigenvalue weighted by atomic mass is 16.3. The van der Waals surface area contributed by atoms with Gasteiger partial charge in [-0.3, -0.25) is 4.90 Å². The van der Waals surface area contributed by atoms with Gasteiger partial charge in [-0.05, 0) is 32.4 Å². The van der Waals surface area contributed by atoms with Gasteiger partial charge in [-0.1, -0.05) is 6.92 Å². The van der Waals surface area contributed by atoms with Crippen molar-refractivity contribution in [3.63, 3.8) is 0 Å². The molecule has 3 nitrogen and oxygen atoms in total. The Kier molecular flexibility index (Phi) is 3.66. The van der Waals surface area contributed by atoms with Gasteiger partial charge in [0.15, 0.2) is 0 Å². The summed E-state index contributed by atoms with van der Waals surface area (Å²) in [7, 11) is 1.97. The van der Waals surface area contributed by atoms with Crippen molar-refractivity contribution in [3.8, 4) is 0 Å². The summed E-state index contributed by atoms with van der Waals surface area (Å²) in [5.74, 6) is 1.94. The molecule has 0 saturated carbocycles. The molecule has 1 aliphatic heterocycles. The van der Waals surface area contributed by atoms with Gasteiger partial charge in [0.1, 0.15) is 5.76 Å². The summed E-state index contributed by atoms with van der Waals surface area (Å²) in [6.07, 6.45) is 3.11. The van der Waals surface area contributed by atoms with Crippen LogP contribution in [0.25, 0.3) is 0 Å². The van der Waals surface area contributed by atoms with Crippen LogP contribution in [0, 0.1) is 5.92 Å². The average molecular weight is 222 g/mol. The summed E-state index contributed by atoms with van der Waals surface area (Å²) in [5.41, 5.74) is 1.29. The van der Waals surface area contributed by atoms with Crippen molar-refractivity contribution >= 4 is 0 Å². The Bertz CT molecular complexity index is 334. The van der Waals surface area contributed by atoms with Crippen LogP contribution in [0.4, 0.5) is 0 Å². The zero-order chi connectivity index (χ0) is 11.5. The molecule has 2 heterocycles. The van der Waals surface area contributed by atoms with Crippen molar-refractivity contribution in [2.75, 3.05) is 13.6 Å². The first-order valence-electron chi connectivity index (χ1n) is 6.14. The van der Waals surface area contributed by atoms with Gasteiger partial charge >= 0.3 is 0 Å². The molecule has 0 amide bonds. The summed E-state index contributed by atoms with van der Waals surface area (Å²) >= 11 is 0. The quantitative estimate of drug-likeness (QED) is 0.847. The summed E-state index contributed by atoms with van der Waals surface area (Å²) < 4.78 is 5.58. The highest BCUT2D eigenvalue weighted by Crippen LogP contribution is 2.25. The van der Waals surface area contributed by atoms with Crippen molar-refractivity contribution in [1.82, 2.24) is 10.2 Å². The fourth-order valence-electron chi connectivity index (χ4n) is 2.64. The van der Waals surface area contributed by atoms with Crippen LogP contribution >= 0.6 is 0 Å². The minimum atomic E-state index is 0.683. The summed E-state index contributed by atoms with van der Waals surface area (Å²) in [6, 6.07) is 2.75. The lowest BCUT2D eigenvalue weighted by atomic mass is 10.1. The molecule has 1 N–H and O–H groups in total. The van der Waals surface area contributed by atoms with Crippen LogP contribution in [0.2, 0.25) is 0 Å². The first kappa shape index (κ1) is 11.7. The molecule has 1 aromatic rings. The maximum atomic E-state index is 5.58. The van der Waals surface area contributed by atoms with Gasteiger partial charge in [0.25, 0.3) is 0 Å². The summed E-state index contributed by atoms with van der Waals surface area (Å²) in [6.45, 7) is 7.68. The molecule has 0 bridgehead atoms. The van der Waals surface area contributed by atoms with E-state index in [1.807, 2.05) is 7.05 Å². The second kappa shape index (κ2) is 5.02. The zero-order valence-corrected chi connectivity index (χ0v) is 10.5. The molecule has 16 heavy (non-hydrogen) atoms. The van der Waals surface area contributed by atoms with Gasteiger partial charge in [-0.25, -0.2) is 0 Å². The third-order valence-corrected chi connectivity index (χ3v) is 3.46. The Balaban J connectivity index is 2.00. The monoisotopic (exact) mass is 222 g/mol. The molecule has 0 aromatic carbocycles. The van der Waals surface area contributed by atoms with Crippen LogP contribution in [0.15, 0.2) is 16.7 Å². The van der Waals surface area contributed by atoms with Gasteiger partial charge in [-0.2, -0.15) is 0 Å². The third kappa shape index (κ3) is 2.47.